The molecule has 2 aliphatic carbocycles. The molecule has 0 saturated heterocycles. The fourth-order valence-electron chi connectivity index (χ4n) is 4.81. The molecule has 2 aromatic rings. The summed E-state index contributed by atoms with van der Waals surface area (Å²) in [6.07, 6.45) is 3.73. The Labute approximate surface area is 196 Å². The van der Waals surface area contributed by atoms with E-state index in [1.165, 1.54) is 24.3 Å². The molecule has 34 heavy (non-hydrogen) atoms. The van der Waals surface area contributed by atoms with Crippen LogP contribution >= 0.6 is 0 Å². The van der Waals surface area contributed by atoms with E-state index >= 15 is 0 Å². The Morgan fingerprint density at radius 2 is 1.59 bits per heavy atom. The Balaban J connectivity index is 1.39. The van der Waals surface area contributed by atoms with Gasteiger partial charge in [0.1, 0.15) is 23.1 Å². The molecule has 1 amide bonds. The van der Waals surface area contributed by atoms with Crippen LogP contribution in [0.3, 0.4) is 0 Å². The maximum Gasteiger partial charge on any atom is 0.262 e. The predicted octanol–water partition coefficient (Wildman–Crippen LogP) is 4.97. The Bertz CT molecular complexity index is 1190. The van der Waals surface area contributed by atoms with Crippen molar-refractivity contribution in [1.82, 2.24) is 0 Å². The smallest absolute Gasteiger partial charge is 0.262 e. The molecule has 174 valence electrons. The van der Waals surface area contributed by atoms with Crippen LogP contribution in [0.1, 0.15) is 50.0 Å². The number of amides is 1. The molecule has 1 heterocycles. The summed E-state index contributed by atoms with van der Waals surface area (Å²) in [5.41, 5.74) is 2.39. The van der Waals surface area contributed by atoms with Crippen LogP contribution in [-0.4, -0.2) is 24.1 Å². The molecule has 0 saturated carbocycles. The van der Waals surface area contributed by atoms with Gasteiger partial charge in [-0.15, -0.1) is 0 Å². The SMILES string of the molecule is O=C(COc1cccc(C2C3=C(CCCC3=O)OC3=C2C(=O)CCC3)c1)Nc1ccc(F)cc1. The predicted molar refractivity (Wildman–Crippen MR) is 123 cm³/mol. The first kappa shape index (κ1) is 22.1. The number of rotatable bonds is 5. The Morgan fingerprint density at radius 1 is 0.941 bits per heavy atom. The molecule has 0 bridgehead atoms. The minimum Gasteiger partial charge on any atom is -0.484 e. The van der Waals surface area contributed by atoms with Crippen molar-refractivity contribution in [3.05, 3.63) is 82.6 Å². The van der Waals surface area contributed by atoms with Gasteiger partial charge in [0.2, 0.25) is 0 Å². The average molecular weight is 461 g/mol. The normalized spacial score (nSPS) is 18.3. The van der Waals surface area contributed by atoms with Crippen LogP contribution in [-0.2, 0) is 19.1 Å². The number of ketones is 2. The van der Waals surface area contributed by atoms with Gasteiger partial charge < -0.3 is 14.8 Å². The highest BCUT2D eigenvalue weighted by molar-refractivity contribution is 6.05. The second kappa shape index (κ2) is 9.25. The monoisotopic (exact) mass is 461 g/mol. The summed E-state index contributed by atoms with van der Waals surface area (Å²) in [6.45, 7) is -0.242. The minimum atomic E-state index is -0.476. The van der Waals surface area contributed by atoms with Gasteiger partial charge in [0.25, 0.3) is 5.91 Å². The highest BCUT2D eigenvalue weighted by atomic mass is 19.1. The topological polar surface area (TPSA) is 81.7 Å². The van der Waals surface area contributed by atoms with Crippen LogP contribution < -0.4 is 10.1 Å². The Hall–Kier alpha value is -3.74. The molecule has 0 fully saturated rings. The average Bonchev–Trinajstić information content (AvgIpc) is 2.83. The van der Waals surface area contributed by atoms with E-state index in [0.29, 0.717) is 59.8 Å². The third-order valence-electron chi connectivity index (χ3n) is 6.33. The third-order valence-corrected chi connectivity index (χ3v) is 6.33. The number of carbonyl (C=O) groups excluding carboxylic acids is 3. The van der Waals surface area contributed by atoms with Gasteiger partial charge in [0.15, 0.2) is 18.2 Å². The zero-order valence-corrected chi connectivity index (χ0v) is 18.6. The molecule has 5 rings (SSSR count). The van der Waals surface area contributed by atoms with E-state index < -0.39 is 5.92 Å². The Kier molecular flexibility index (Phi) is 6.01. The third kappa shape index (κ3) is 4.38. The first-order chi connectivity index (χ1) is 16.5. The van der Waals surface area contributed by atoms with Crippen LogP contribution in [0, 0.1) is 5.82 Å². The lowest BCUT2D eigenvalue weighted by molar-refractivity contribution is -0.119. The van der Waals surface area contributed by atoms with E-state index in [4.69, 9.17) is 9.47 Å². The second-order valence-corrected chi connectivity index (χ2v) is 8.68. The molecule has 0 atom stereocenters. The summed E-state index contributed by atoms with van der Waals surface area (Å²) in [5.74, 6) is 0.596. The summed E-state index contributed by atoms with van der Waals surface area (Å²) in [6, 6.07) is 12.6. The first-order valence-corrected chi connectivity index (χ1v) is 11.5. The number of nitrogens with one attached hydrogen (secondary N) is 1. The van der Waals surface area contributed by atoms with E-state index in [1.54, 1.807) is 18.2 Å². The van der Waals surface area contributed by atoms with Crippen molar-refractivity contribution in [3.8, 4) is 5.75 Å². The van der Waals surface area contributed by atoms with Gasteiger partial charge in [-0.2, -0.15) is 0 Å². The van der Waals surface area contributed by atoms with Crippen LogP contribution in [0.4, 0.5) is 10.1 Å². The molecule has 6 nitrogen and oxygen atoms in total. The molecule has 7 heteroatoms. The molecule has 1 aliphatic heterocycles. The molecule has 0 spiro atoms. The highest BCUT2D eigenvalue weighted by Crippen LogP contribution is 2.48. The molecular formula is C27H24FNO5. The number of ether oxygens (including phenoxy) is 2. The largest absolute Gasteiger partial charge is 0.484 e. The van der Waals surface area contributed by atoms with Crippen molar-refractivity contribution in [2.75, 3.05) is 11.9 Å². The van der Waals surface area contributed by atoms with Crippen LogP contribution in [0.25, 0.3) is 0 Å². The molecule has 0 radical (unpaired) electrons. The van der Waals surface area contributed by atoms with Crippen molar-refractivity contribution in [2.45, 2.75) is 44.4 Å². The van der Waals surface area contributed by atoms with Crippen LogP contribution in [0.5, 0.6) is 5.75 Å². The lowest BCUT2D eigenvalue weighted by atomic mass is 9.73. The number of benzene rings is 2. The summed E-state index contributed by atoms with van der Waals surface area (Å²) < 4.78 is 24.8. The lowest BCUT2D eigenvalue weighted by Gasteiger charge is -2.36. The number of hydrogen-bond donors (Lipinski definition) is 1. The number of allylic oxidation sites excluding steroid dienone is 4. The van der Waals surface area contributed by atoms with Gasteiger partial charge in [-0.25, -0.2) is 4.39 Å². The van der Waals surface area contributed by atoms with E-state index in [-0.39, 0.29) is 29.9 Å². The Morgan fingerprint density at radius 3 is 2.24 bits per heavy atom. The van der Waals surface area contributed by atoms with Gasteiger partial charge in [0.05, 0.1) is 0 Å². The number of carbonyl (C=O) groups is 3. The standard InChI is InChI=1S/C27H24FNO5/c28-17-10-12-18(13-11-17)29-24(32)15-33-19-5-1-4-16(14-19)25-26-20(30)6-2-8-22(26)34-23-9-3-7-21(31)27(23)25/h1,4-5,10-14,25H,2-3,6-9,15H2,(H,29,32). The molecule has 1 N–H and O–H groups in total. The fraction of sp³-hybridized carbons (Fsp3) is 0.296. The second-order valence-electron chi connectivity index (χ2n) is 8.68. The molecule has 0 aromatic heterocycles. The van der Waals surface area contributed by atoms with Crippen molar-refractivity contribution < 1.29 is 28.2 Å². The highest BCUT2D eigenvalue weighted by Gasteiger charge is 2.41. The van der Waals surface area contributed by atoms with Crippen LogP contribution in [0.2, 0.25) is 0 Å². The number of Topliss-reactive ketones (excluding diaryl/α,β-unsaturated/α-hetero) is 2. The number of anilines is 1. The molecule has 3 aliphatic rings. The van der Waals surface area contributed by atoms with Gasteiger partial charge in [0, 0.05) is 48.4 Å². The summed E-state index contributed by atoms with van der Waals surface area (Å²) >= 11 is 0. The molecule has 2 aromatic carbocycles. The summed E-state index contributed by atoms with van der Waals surface area (Å²) in [4.78, 5) is 38.1. The van der Waals surface area contributed by atoms with E-state index in [1.807, 2.05) is 6.07 Å². The quantitative estimate of drug-likeness (QED) is 0.680. The van der Waals surface area contributed by atoms with Gasteiger partial charge in [-0.05, 0) is 54.8 Å². The minimum absolute atomic E-state index is 0.0150. The number of hydrogen-bond acceptors (Lipinski definition) is 5. The van der Waals surface area contributed by atoms with Crippen molar-refractivity contribution in [1.29, 1.82) is 0 Å². The number of halogens is 1. The summed E-state index contributed by atoms with van der Waals surface area (Å²) in [7, 11) is 0. The maximum absolute atomic E-state index is 13.0. The fourth-order valence-corrected chi connectivity index (χ4v) is 4.81. The zero-order valence-electron chi connectivity index (χ0n) is 18.6. The first-order valence-electron chi connectivity index (χ1n) is 11.5. The van der Waals surface area contributed by atoms with Crippen molar-refractivity contribution in [2.24, 2.45) is 0 Å². The van der Waals surface area contributed by atoms with Crippen LogP contribution in [0.15, 0.2) is 71.2 Å². The van der Waals surface area contributed by atoms with Gasteiger partial charge in [-0.3, -0.25) is 14.4 Å². The summed E-state index contributed by atoms with van der Waals surface area (Å²) in [5, 5.41) is 2.65. The molecular weight excluding hydrogens is 437 g/mol. The van der Waals surface area contributed by atoms with E-state index in [9.17, 15) is 18.8 Å². The van der Waals surface area contributed by atoms with Crippen molar-refractivity contribution >= 4 is 23.2 Å². The van der Waals surface area contributed by atoms with E-state index in [2.05, 4.69) is 5.32 Å². The lowest BCUT2D eigenvalue weighted by Crippen LogP contribution is -2.30. The van der Waals surface area contributed by atoms with Crippen molar-refractivity contribution in [3.63, 3.8) is 0 Å². The molecule has 0 unspecified atom stereocenters. The zero-order chi connectivity index (χ0) is 23.7. The van der Waals surface area contributed by atoms with Gasteiger partial charge >= 0.3 is 0 Å². The van der Waals surface area contributed by atoms with E-state index in [0.717, 1.165) is 18.4 Å². The van der Waals surface area contributed by atoms with Gasteiger partial charge in [-0.1, -0.05) is 12.1 Å². The maximum atomic E-state index is 13.0.